The predicted octanol–water partition coefficient (Wildman–Crippen LogP) is 0.135. The Morgan fingerprint density at radius 3 is 3.00 bits per heavy atom. The van der Waals surface area contributed by atoms with E-state index in [1.807, 2.05) is 0 Å². The zero-order valence-corrected chi connectivity index (χ0v) is 10.9. The third-order valence-corrected chi connectivity index (χ3v) is 3.01. The molecule has 8 nitrogen and oxygen atoms in total. The van der Waals surface area contributed by atoms with Crippen molar-refractivity contribution < 1.29 is 9.59 Å². The number of nitriles is 1. The van der Waals surface area contributed by atoms with Gasteiger partial charge in [0.2, 0.25) is 11.8 Å². The Bertz CT molecular complexity index is 760. The highest BCUT2D eigenvalue weighted by Crippen LogP contribution is 2.28. The summed E-state index contributed by atoms with van der Waals surface area (Å²) in [6.07, 6.45) is 1.31. The molecule has 0 bridgehead atoms. The standard InChI is InChI=1S/C13H10N6O2/c14-5-11-15-8-18(17-11)7-13(21)19-6-12(20)16-9-3-1-2-4-10(9)19/h1-4,8H,6-7H2,(H,16,20). The van der Waals surface area contributed by atoms with Gasteiger partial charge in [-0.25, -0.2) is 9.67 Å². The number of carbonyl (C=O) groups is 2. The Balaban J connectivity index is 1.85. The number of para-hydroxylation sites is 2. The number of amides is 2. The number of fused-ring (bicyclic) bond motifs is 1. The number of aromatic nitrogens is 3. The first kappa shape index (κ1) is 12.8. The lowest BCUT2D eigenvalue weighted by molar-refractivity contribution is -0.122. The van der Waals surface area contributed by atoms with Crippen LogP contribution in [0.4, 0.5) is 11.4 Å². The van der Waals surface area contributed by atoms with Crippen molar-refractivity contribution in [2.75, 3.05) is 16.8 Å². The summed E-state index contributed by atoms with van der Waals surface area (Å²) in [6, 6.07) is 8.85. The monoisotopic (exact) mass is 282 g/mol. The fourth-order valence-electron chi connectivity index (χ4n) is 2.10. The van der Waals surface area contributed by atoms with Crippen molar-refractivity contribution in [2.45, 2.75) is 6.54 Å². The molecule has 2 heterocycles. The van der Waals surface area contributed by atoms with E-state index in [0.717, 1.165) is 0 Å². The highest BCUT2D eigenvalue weighted by Gasteiger charge is 2.26. The summed E-state index contributed by atoms with van der Waals surface area (Å²) in [5, 5.41) is 15.2. The first-order valence-electron chi connectivity index (χ1n) is 6.16. The van der Waals surface area contributed by atoms with E-state index in [2.05, 4.69) is 15.4 Å². The third-order valence-electron chi connectivity index (χ3n) is 3.01. The van der Waals surface area contributed by atoms with Crippen LogP contribution in [0.2, 0.25) is 0 Å². The van der Waals surface area contributed by atoms with Crippen molar-refractivity contribution in [1.29, 1.82) is 5.26 Å². The molecule has 1 aliphatic rings. The Labute approximate surface area is 119 Å². The van der Waals surface area contributed by atoms with E-state index >= 15 is 0 Å². The van der Waals surface area contributed by atoms with E-state index in [4.69, 9.17) is 5.26 Å². The van der Waals surface area contributed by atoms with Crippen LogP contribution >= 0.6 is 0 Å². The number of anilines is 2. The number of carbonyl (C=O) groups excluding carboxylic acids is 2. The fourth-order valence-corrected chi connectivity index (χ4v) is 2.10. The topological polar surface area (TPSA) is 104 Å². The number of hydrogen-bond donors (Lipinski definition) is 1. The molecule has 0 unspecified atom stereocenters. The van der Waals surface area contributed by atoms with Crippen LogP contribution in [0, 0.1) is 11.3 Å². The van der Waals surface area contributed by atoms with Crippen LogP contribution in [0.3, 0.4) is 0 Å². The lowest BCUT2D eigenvalue weighted by atomic mass is 10.2. The van der Waals surface area contributed by atoms with Gasteiger partial charge in [0.1, 0.15) is 25.5 Å². The molecule has 0 atom stereocenters. The van der Waals surface area contributed by atoms with Crippen LogP contribution < -0.4 is 10.2 Å². The number of benzene rings is 1. The SMILES string of the molecule is N#Cc1ncn(CC(=O)N2CC(=O)Nc3ccccc32)n1. The Kier molecular flexibility index (Phi) is 3.08. The third kappa shape index (κ3) is 2.44. The molecular formula is C13H10N6O2. The average Bonchev–Trinajstić information content (AvgIpc) is 2.94. The molecule has 0 radical (unpaired) electrons. The maximum atomic E-state index is 12.3. The van der Waals surface area contributed by atoms with Crippen molar-refractivity contribution in [2.24, 2.45) is 0 Å². The maximum absolute atomic E-state index is 12.3. The van der Waals surface area contributed by atoms with Gasteiger partial charge in [0, 0.05) is 0 Å². The van der Waals surface area contributed by atoms with Crippen LogP contribution in [0.15, 0.2) is 30.6 Å². The lowest BCUT2D eigenvalue weighted by Crippen LogP contribution is -2.43. The van der Waals surface area contributed by atoms with Crippen LogP contribution in [-0.4, -0.2) is 33.1 Å². The van der Waals surface area contributed by atoms with E-state index in [1.165, 1.54) is 15.9 Å². The second-order valence-corrected chi connectivity index (χ2v) is 4.42. The van der Waals surface area contributed by atoms with Crippen molar-refractivity contribution in [3.63, 3.8) is 0 Å². The first-order valence-corrected chi connectivity index (χ1v) is 6.16. The Hall–Kier alpha value is -3.21. The molecular weight excluding hydrogens is 272 g/mol. The first-order chi connectivity index (χ1) is 10.2. The van der Waals surface area contributed by atoms with Gasteiger partial charge in [0.25, 0.3) is 5.82 Å². The maximum Gasteiger partial charge on any atom is 0.252 e. The summed E-state index contributed by atoms with van der Waals surface area (Å²) in [7, 11) is 0. The zero-order valence-electron chi connectivity index (χ0n) is 10.9. The average molecular weight is 282 g/mol. The predicted molar refractivity (Wildman–Crippen MR) is 72.2 cm³/mol. The molecule has 1 N–H and O–H groups in total. The second kappa shape index (κ2) is 5.05. The molecule has 0 saturated heterocycles. The number of hydrogen-bond acceptors (Lipinski definition) is 5. The van der Waals surface area contributed by atoms with Crippen molar-refractivity contribution in [3.05, 3.63) is 36.4 Å². The molecule has 0 fully saturated rings. The van der Waals surface area contributed by atoms with Crippen LogP contribution in [0.1, 0.15) is 5.82 Å². The minimum Gasteiger partial charge on any atom is -0.323 e. The highest BCUT2D eigenvalue weighted by molar-refractivity contribution is 6.09. The summed E-state index contributed by atoms with van der Waals surface area (Å²) < 4.78 is 1.27. The summed E-state index contributed by atoms with van der Waals surface area (Å²) in [5.41, 5.74) is 1.24. The molecule has 8 heteroatoms. The molecule has 104 valence electrons. The molecule has 1 aromatic heterocycles. The van der Waals surface area contributed by atoms with E-state index in [-0.39, 0.29) is 30.7 Å². The van der Waals surface area contributed by atoms with Gasteiger partial charge in [-0.05, 0) is 12.1 Å². The second-order valence-electron chi connectivity index (χ2n) is 4.42. The van der Waals surface area contributed by atoms with Gasteiger partial charge >= 0.3 is 0 Å². The van der Waals surface area contributed by atoms with E-state index in [1.54, 1.807) is 30.3 Å². The van der Waals surface area contributed by atoms with Crippen LogP contribution in [0.25, 0.3) is 0 Å². The van der Waals surface area contributed by atoms with Gasteiger partial charge in [-0.15, -0.1) is 5.10 Å². The lowest BCUT2D eigenvalue weighted by Gasteiger charge is -2.29. The summed E-state index contributed by atoms with van der Waals surface area (Å²) in [6.45, 7) is -0.133. The molecule has 1 aliphatic heterocycles. The fraction of sp³-hybridized carbons (Fsp3) is 0.154. The molecule has 0 spiro atoms. The summed E-state index contributed by atoms with van der Waals surface area (Å²) >= 11 is 0. The number of nitrogens with one attached hydrogen (secondary N) is 1. The Morgan fingerprint density at radius 2 is 2.24 bits per heavy atom. The minimum absolute atomic E-state index is 0.000382. The highest BCUT2D eigenvalue weighted by atomic mass is 16.2. The molecule has 0 aliphatic carbocycles. The quantitative estimate of drug-likeness (QED) is 0.843. The van der Waals surface area contributed by atoms with Gasteiger partial charge in [-0.3, -0.25) is 14.5 Å². The molecule has 3 rings (SSSR count). The van der Waals surface area contributed by atoms with Crippen molar-refractivity contribution in [1.82, 2.24) is 14.8 Å². The van der Waals surface area contributed by atoms with Crippen molar-refractivity contribution >= 4 is 23.2 Å². The molecule has 1 aromatic carbocycles. The van der Waals surface area contributed by atoms with Crippen molar-refractivity contribution in [3.8, 4) is 6.07 Å². The molecule has 2 aromatic rings. The molecule has 0 saturated carbocycles. The van der Waals surface area contributed by atoms with Gasteiger partial charge < -0.3 is 5.32 Å². The largest absolute Gasteiger partial charge is 0.323 e. The number of nitrogens with zero attached hydrogens (tertiary/aromatic N) is 5. The number of rotatable bonds is 2. The summed E-state index contributed by atoms with van der Waals surface area (Å²) in [5.74, 6) is -0.551. The zero-order chi connectivity index (χ0) is 14.8. The van der Waals surface area contributed by atoms with E-state index in [9.17, 15) is 9.59 Å². The van der Waals surface area contributed by atoms with Gasteiger partial charge in [-0.2, -0.15) is 5.26 Å². The van der Waals surface area contributed by atoms with Gasteiger partial charge in [0.05, 0.1) is 11.4 Å². The van der Waals surface area contributed by atoms with Gasteiger partial charge in [0.15, 0.2) is 0 Å². The molecule has 2 amide bonds. The summed E-state index contributed by atoms with van der Waals surface area (Å²) in [4.78, 5) is 29.1. The van der Waals surface area contributed by atoms with Crippen LogP contribution in [-0.2, 0) is 16.1 Å². The van der Waals surface area contributed by atoms with Gasteiger partial charge in [-0.1, -0.05) is 12.1 Å². The van der Waals surface area contributed by atoms with Crippen LogP contribution in [0.5, 0.6) is 0 Å². The molecule has 21 heavy (non-hydrogen) atoms. The minimum atomic E-state index is -0.299. The smallest absolute Gasteiger partial charge is 0.252 e. The van der Waals surface area contributed by atoms with E-state index in [0.29, 0.717) is 11.4 Å². The Morgan fingerprint density at radius 1 is 1.43 bits per heavy atom. The normalized spacial score (nSPS) is 13.3. The van der Waals surface area contributed by atoms with E-state index < -0.39 is 0 Å².